The Balaban J connectivity index is 0.000000433. The Morgan fingerprint density at radius 2 is 1.15 bits per heavy atom. The molecule has 3 rings (SSSR count). The topological polar surface area (TPSA) is 125 Å². The molecule has 1 heterocycles. The predicted molar refractivity (Wildman–Crippen MR) is 137 cm³/mol. The average molecular weight is 630 g/mol. The zero-order valence-corrected chi connectivity index (χ0v) is 23.5. The van der Waals surface area contributed by atoms with Gasteiger partial charge in [0.1, 0.15) is 14.1 Å². The van der Waals surface area contributed by atoms with Crippen LogP contribution in [0.5, 0.6) is 0 Å². The van der Waals surface area contributed by atoms with E-state index in [1.165, 1.54) is 28.2 Å². The molecule has 1 aliphatic carbocycles. The molecule has 0 spiro atoms. The highest BCUT2D eigenvalue weighted by atomic mass is 32.2. The van der Waals surface area contributed by atoms with E-state index in [4.69, 9.17) is 25.9 Å². The standard InChI is InChI=1S/C22H25N3.2CHF3O3S/c1-23(2)20-12-8-18(9-13-20)22(25-16-6-5-7-17-25)19-10-14-21(15-11-19)24(3)4;2*2-1(3,4)8(5,6)7/h5-17H,1-4H3;2*(H,5,6,7)/q+2;;/p-2. The van der Waals surface area contributed by atoms with E-state index in [2.05, 4.69) is 115 Å². The van der Waals surface area contributed by atoms with Gasteiger partial charge in [0.2, 0.25) is 5.70 Å². The van der Waals surface area contributed by atoms with Crippen LogP contribution >= 0.6 is 0 Å². The van der Waals surface area contributed by atoms with Crippen molar-refractivity contribution in [2.45, 2.75) is 11.0 Å². The second-order valence-electron chi connectivity index (χ2n) is 8.31. The molecule has 0 fully saturated rings. The van der Waals surface area contributed by atoms with Gasteiger partial charge in [-0.2, -0.15) is 30.9 Å². The van der Waals surface area contributed by atoms with Gasteiger partial charge in [-0.05, 0) is 36.4 Å². The Kier molecular flexibility index (Phi) is 12.0. The largest absolute Gasteiger partial charge is 0.741 e. The Morgan fingerprint density at radius 3 is 1.46 bits per heavy atom. The molecule has 0 saturated carbocycles. The van der Waals surface area contributed by atoms with E-state index in [9.17, 15) is 26.3 Å². The number of aromatic nitrogens is 1. The third-order valence-corrected chi connectivity index (χ3v) is 5.99. The molecular formula is C24H25F6N3O6S2. The summed E-state index contributed by atoms with van der Waals surface area (Å²) >= 11 is 0. The second kappa shape index (κ2) is 13.9. The molecule has 9 nitrogen and oxygen atoms in total. The smallest absolute Gasteiger partial charge is 0.485 e. The first-order valence-corrected chi connectivity index (χ1v) is 13.8. The second-order valence-corrected chi connectivity index (χ2v) is 11.1. The summed E-state index contributed by atoms with van der Waals surface area (Å²) in [4.78, 5) is 2.12. The highest BCUT2D eigenvalue weighted by Crippen LogP contribution is 2.23. The Labute approximate surface area is 233 Å². The van der Waals surface area contributed by atoms with Crippen molar-refractivity contribution in [2.75, 3.05) is 33.1 Å². The molecule has 0 amide bonds. The number of allylic oxidation sites excluding steroid dienone is 5. The van der Waals surface area contributed by atoms with E-state index >= 15 is 0 Å². The van der Waals surface area contributed by atoms with Gasteiger partial charge in [0, 0.05) is 55.2 Å². The van der Waals surface area contributed by atoms with E-state index in [1.807, 2.05) is 6.07 Å². The molecule has 0 unspecified atom stereocenters. The van der Waals surface area contributed by atoms with Gasteiger partial charge >= 0.3 is 11.0 Å². The summed E-state index contributed by atoms with van der Waals surface area (Å²) in [6.45, 7) is 0. The van der Waals surface area contributed by atoms with Crippen LogP contribution in [0.1, 0.15) is 5.56 Å². The summed E-state index contributed by atoms with van der Waals surface area (Å²) in [5.74, 6) is 0. The molecule has 1 aliphatic rings. The molecule has 1 aromatic carbocycles. The molecule has 1 aromatic heterocycles. The van der Waals surface area contributed by atoms with Crippen LogP contribution in [0.15, 0.2) is 84.7 Å². The molecule has 0 radical (unpaired) electrons. The summed E-state index contributed by atoms with van der Waals surface area (Å²) < 4.78 is 122. The van der Waals surface area contributed by atoms with Crippen LogP contribution in [0.2, 0.25) is 0 Å². The minimum atomic E-state index is -6.09. The van der Waals surface area contributed by atoms with Crippen molar-refractivity contribution in [3.63, 3.8) is 0 Å². The van der Waals surface area contributed by atoms with Crippen molar-refractivity contribution in [2.24, 2.45) is 0 Å². The van der Waals surface area contributed by atoms with Crippen molar-refractivity contribution in [1.29, 1.82) is 0 Å². The molecule has 0 atom stereocenters. The number of benzene rings is 1. The zero-order chi connectivity index (χ0) is 31.8. The quantitative estimate of drug-likeness (QED) is 0.221. The predicted octanol–water partition coefficient (Wildman–Crippen LogP) is 3.24. The van der Waals surface area contributed by atoms with Crippen LogP contribution in [-0.4, -0.2) is 75.4 Å². The number of hydrogen-bond acceptors (Lipinski definition) is 7. The van der Waals surface area contributed by atoms with Crippen LogP contribution < -0.4 is 9.47 Å². The maximum Gasteiger partial charge on any atom is 0.485 e. The molecule has 17 heteroatoms. The van der Waals surface area contributed by atoms with Gasteiger partial charge in [-0.1, -0.05) is 6.07 Å². The minimum Gasteiger partial charge on any atom is -0.741 e. The van der Waals surface area contributed by atoms with E-state index in [1.54, 1.807) is 0 Å². The normalized spacial score (nSPS) is 13.5. The van der Waals surface area contributed by atoms with E-state index in [0.29, 0.717) is 0 Å². The number of rotatable bonds is 3. The summed E-state index contributed by atoms with van der Waals surface area (Å²) in [6.07, 6.45) is 12.9. The Morgan fingerprint density at radius 1 is 0.756 bits per heavy atom. The third kappa shape index (κ3) is 11.1. The third-order valence-electron chi connectivity index (χ3n) is 4.85. The monoisotopic (exact) mass is 629 g/mol. The van der Waals surface area contributed by atoms with Crippen LogP contribution in [0, 0.1) is 0 Å². The van der Waals surface area contributed by atoms with Gasteiger partial charge in [0.25, 0.3) is 0 Å². The molecule has 41 heavy (non-hydrogen) atoms. The minimum absolute atomic E-state index is 1.18. The highest BCUT2D eigenvalue weighted by Gasteiger charge is 2.37. The van der Waals surface area contributed by atoms with Gasteiger partial charge in [0.05, 0.1) is 0 Å². The Bertz CT molecular complexity index is 1460. The van der Waals surface area contributed by atoms with Crippen molar-refractivity contribution >= 4 is 37.3 Å². The van der Waals surface area contributed by atoms with Crippen molar-refractivity contribution in [3.05, 3.63) is 90.3 Å². The Hall–Kier alpha value is -3.54. The van der Waals surface area contributed by atoms with Crippen LogP contribution in [0.4, 0.5) is 32.0 Å². The summed E-state index contributed by atoms with van der Waals surface area (Å²) in [7, 11) is -3.94. The van der Waals surface area contributed by atoms with E-state index < -0.39 is 31.3 Å². The first-order chi connectivity index (χ1) is 18.6. The average Bonchev–Trinajstić information content (AvgIpc) is 2.84. The van der Waals surface area contributed by atoms with Crippen molar-refractivity contribution < 1.29 is 61.4 Å². The lowest BCUT2D eigenvalue weighted by molar-refractivity contribution is -0.579. The van der Waals surface area contributed by atoms with E-state index in [0.717, 1.165) is 0 Å². The SMILES string of the molecule is CN(C)c1ccc(C(=C2C=CC(=[N+](C)C)C=C2)[n+]2ccccc2)cc1.O=S(=O)([O-])C(F)(F)F.O=S(=O)([O-])C(F)(F)F. The number of nitrogens with zero attached hydrogens (tertiary/aromatic N) is 3. The van der Waals surface area contributed by atoms with Crippen molar-refractivity contribution in [3.8, 4) is 0 Å². The fourth-order valence-corrected chi connectivity index (χ4v) is 2.85. The lowest BCUT2D eigenvalue weighted by atomic mass is 10.0. The lowest BCUT2D eigenvalue weighted by Gasteiger charge is -2.13. The van der Waals surface area contributed by atoms with Gasteiger partial charge in [0.15, 0.2) is 38.3 Å². The van der Waals surface area contributed by atoms with Crippen LogP contribution in [-0.2, 0) is 20.2 Å². The molecule has 0 aliphatic heterocycles. The summed E-state index contributed by atoms with van der Waals surface area (Å²) in [5, 5.41) is 0. The number of halogens is 6. The molecule has 2 aromatic rings. The molecule has 226 valence electrons. The highest BCUT2D eigenvalue weighted by molar-refractivity contribution is 7.86. The van der Waals surface area contributed by atoms with E-state index in [-0.39, 0.29) is 0 Å². The van der Waals surface area contributed by atoms with Crippen LogP contribution in [0.25, 0.3) is 5.70 Å². The fourth-order valence-electron chi connectivity index (χ4n) is 2.85. The molecular weight excluding hydrogens is 604 g/mol. The molecule has 0 saturated heterocycles. The maximum absolute atomic E-state index is 10.7. The maximum atomic E-state index is 10.7. The van der Waals surface area contributed by atoms with Crippen LogP contribution in [0.3, 0.4) is 0 Å². The first kappa shape index (κ1) is 35.5. The van der Waals surface area contributed by atoms with Gasteiger partial charge in [-0.25, -0.2) is 21.4 Å². The fraction of sp³-hybridized carbons (Fsp3) is 0.250. The number of alkyl halides is 6. The first-order valence-electron chi connectivity index (χ1n) is 11.0. The molecule has 0 N–H and O–H groups in total. The van der Waals surface area contributed by atoms with Gasteiger partial charge < -0.3 is 14.0 Å². The summed E-state index contributed by atoms with van der Waals surface area (Å²) in [6, 6.07) is 14.8. The van der Waals surface area contributed by atoms with Gasteiger partial charge in [-0.15, -0.1) is 0 Å². The number of hydrogen-bond donors (Lipinski definition) is 0. The lowest BCUT2D eigenvalue weighted by Crippen LogP contribution is -2.32. The van der Waals surface area contributed by atoms with Gasteiger partial charge in [-0.3, -0.25) is 0 Å². The number of anilines is 1. The van der Waals surface area contributed by atoms with Crippen molar-refractivity contribution in [1.82, 2.24) is 0 Å². The summed E-state index contributed by atoms with van der Waals surface area (Å²) in [5.41, 5.74) is -5.33. The zero-order valence-electron chi connectivity index (χ0n) is 21.9. The molecule has 0 bridgehead atoms. The number of pyridine rings is 1.